The molecule has 7 heteroatoms. The van der Waals surface area contributed by atoms with Crippen LogP contribution in [-0.4, -0.2) is 40.8 Å². The predicted octanol–water partition coefficient (Wildman–Crippen LogP) is 0.203. The Kier molecular flexibility index (Phi) is 3.84. The second kappa shape index (κ2) is 4.96. The summed E-state index contributed by atoms with van der Waals surface area (Å²) in [5.41, 5.74) is -1.51. The largest absolute Gasteiger partial charge is 0.481 e. The zero-order valence-electron chi connectivity index (χ0n) is 10.1. The fourth-order valence-corrected chi connectivity index (χ4v) is 0.923. The van der Waals surface area contributed by atoms with Gasteiger partial charge in [0.15, 0.2) is 0 Å². The van der Waals surface area contributed by atoms with Crippen LogP contribution in [0, 0.1) is 0 Å². The lowest BCUT2D eigenvalue weighted by Gasteiger charge is -2.16. The highest BCUT2D eigenvalue weighted by atomic mass is 16.5. The Balaban J connectivity index is 2.94. The molecule has 0 spiro atoms. The number of amides is 1. The van der Waals surface area contributed by atoms with Crippen LogP contribution in [0.25, 0.3) is 0 Å². The number of carbonyl (C=O) groups is 1. The zero-order chi connectivity index (χ0) is 13.1. The SMILES string of the molecule is COc1cc(OC)nc(NC(=O)C(C)(C)O)n1. The van der Waals surface area contributed by atoms with Gasteiger partial charge in [0.1, 0.15) is 5.60 Å². The van der Waals surface area contributed by atoms with E-state index in [4.69, 9.17) is 9.47 Å². The Morgan fingerprint density at radius 2 is 1.76 bits per heavy atom. The highest BCUT2D eigenvalue weighted by Gasteiger charge is 2.24. The number of hydrogen-bond acceptors (Lipinski definition) is 6. The van der Waals surface area contributed by atoms with Gasteiger partial charge in [-0.05, 0) is 13.8 Å². The molecule has 0 fully saturated rings. The molecule has 1 heterocycles. The summed E-state index contributed by atoms with van der Waals surface area (Å²) in [6.45, 7) is 2.72. The Bertz CT molecular complexity index is 392. The molecule has 0 unspecified atom stereocenters. The molecule has 1 aromatic rings. The number of aliphatic hydroxyl groups is 1. The number of rotatable bonds is 4. The van der Waals surface area contributed by atoms with Crippen LogP contribution in [0.3, 0.4) is 0 Å². The summed E-state index contributed by atoms with van der Waals surface area (Å²) in [7, 11) is 2.87. The number of anilines is 1. The third-order valence-electron chi connectivity index (χ3n) is 1.88. The van der Waals surface area contributed by atoms with Gasteiger partial charge in [-0.15, -0.1) is 0 Å². The molecule has 0 bridgehead atoms. The van der Waals surface area contributed by atoms with Crippen LogP contribution in [0.15, 0.2) is 6.07 Å². The van der Waals surface area contributed by atoms with Crippen molar-refractivity contribution in [3.8, 4) is 11.8 Å². The Labute approximate surface area is 98.8 Å². The summed E-state index contributed by atoms with van der Waals surface area (Å²) < 4.78 is 9.84. The van der Waals surface area contributed by atoms with Crippen molar-refractivity contribution in [2.24, 2.45) is 0 Å². The normalized spacial score (nSPS) is 10.9. The fourth-order valence-electron chi connectivity index (χ4n) is 0.923. The standard InChI is InChI=1S/C10H15N3O4/c1-10(2,15)8(14)13-9-11-6(16-3)5-7(12-9)17-4/h5,15H,1-4H3,(H,11,12,13,14). The number of nitrogens with zero attached hydrogens (tertiary/aromatic N) is 2. The van der Waals surface area contributed by atoms with E-state index in [2.05, 4.69) is 15.3 Å². The first-order chi connectivity index (χ1) is 7.86. The topological polar surface area (TPSA) is 93.6 Å². The maximum absolute atomic E-state index is 11.5. The van der Waals surface area contributed by atoms with Crippen LogP contribution in [0.1, 0.15) is 13.8 Å². The van der Waals surface area contributed by atoms with Crippen LogP contribution in [0.2, 0.25) is 0 Å². The Hall–Kier alpha value is -1.89. The van der Waals surface area contributed by atoms with Crippen molar-refractivity contribution in [3.05, 3.63) is 6.07 Å². The molecule has 0 radical (unpaired) electrons. The summed E-state index contributed by atoms with van der Waals surface area (Å²) in [5.74, 6) is -0.105. The maximum atomic E-state index is 11.5. The van der Waals surface area contributed by atoms with E-state index < -0.39 is 11.5 Å². The number of aromatic nitrogens is 2. The Morgan fingerprint density at radius 1 is 1.29 bits per heavy atom. The highest BCUT2D eigenvalue weighted by molar-refractivity contribution is 5.95. The van der Waals surface area contributed by atoms with E-state index in [0.29, 0.717) is 0 Å². The van der Waals surface area contributed by atoms with E-state index in [-0.39, 0.29) is 17.7 Å². The smallest absolute Gasteiger partial charge is 0.258 e. The lowest BCUT2D eigenvalue weighted by molar-refractivity contribution is -0.130. The van der Waals surface area contributed by atoms with Crippen LogP contribution < -0.4 is 14.8 Å². The van der Waals surface area contributed by atoms with Crippen molar-refractivity contribution < 1.29 is 19.4 Å². The first-order valence-corrected chi connectivity index (χ1v) is 4.87. The van der Waals surface area contributed by atoms with E-state index in [1.165, 1.54) is 34.1 Å². The molecule has 2 N–H and O–H groups in total. The molecule has 0 saturated heterocycles. The van der Waals surface area contributed by atoms with Gasteiger partial charge in [-0.25, -0.2) is 0 Å². The molecule has 0 saturated carbocycles. The Morgan fingerprint density at radius 3 is 2.12 bits per heavy atom. The van der Waals surface area contributed by atoms with Gasteiger partial charge < -0.3 is 14.6 Å². The van der Waals surface area contributed by atoms with E-state index in [0.717, 1.165) is 0 Å². The fraction of sp³-hybridized carbons (Fsp3) is 0.500. The van der Waals surface area contributed by atoms with Crippen molar-refractivity contribution >= 4 is 11.9 Å². The molecule has 17 heavy (non-hydrogen) atoms. The monoisotopic (exact) mass is 241 g/mol. The molecule has 94 valence electrons. The van der Waals surface area contributed by atoms with Crippen molar-refractivity contribution in [1.29, 1.82) is 0 Å². The summed E-state index contributed by atoms with van der Waals surface area (Å²) >= 11 is 0. The van der Waals surface area contributed by atoms with E-state index >= 15 is 0 Å². The molecule has 1 amide bonds. The highest BCUT2D eigenvalue weighted by Crippen LogP contribution is 2.18. The van der Waals surface area contributed by atoms with Gasteiger partial charge in [-0.1, -0.05) is 0 Å². The van der Waals surface area contributed by atoms with Gasteiger partial charge in [-0.3, -0.25) is 10.1 Å². The van der Waals surface area contributed by atoms with Gasteiger partial charge in [0, 0.05) is 0 Å². The number of hydrogen-bond donors (Lipinski definition) is 2. The summed E-state index contributed by atoms with van der Waals surface area (Å²) in [6, 6.07) is 1.47. The van der Waals surface area contributed by atoms with Crippen molar-refractivity contribution in [1.82, 2.24) is 9.97 Å². The molecule has 0 aliphatic carbocycles. The first kappa shape index (κ1) is 13.2. The molecule has 0 atom stereocenters. The summed E-state index contributed by atoms with van der Waals surface area (Å²) in [5, 5.41) is 11.8. The molecule has 0 aromatic carbocycles. The van der Waals surface area contributed by atoms with Gasteiger partial charge in [0.2, 0.25) is 17.7 Å². The number of nitrogens with one attached hydrogen (secondary N) is 1. The average Bonchev–Trinajstić information content (AvgIpc) is 2.27. The molecule has 0 aliphatic rings. The first-order valence-electron chi connectivity index (χ1n) is 4.87. The molecule has 7 nitrogen and oxygen atoms in total. The second-order valence-electron chi connectivity index (χ2n) is 3.79. The maximum Gasteiger partial charge on any atom is 0.258 e. The van der Waals surface area contributed by atoms with Crippen LogP contribution in [-0.2, 0) is 4.79 Å². The van der Waals surface area contributed by atoms with Crippen LogP contribution in [0.4, 0.5) is 5.95 Å². The van der Waals surface area contributed by atoms with Gasteiger partial charge in [-0.2, -0.15) is 9.97 Å². The van der Waals surface area contributed by atoms with Gasteiger partial charge >= 0.3 is 0 Å². The third kappa shape index (κ3) is 3.56. The second-order valence-corrected chi connectivity index (χ2v) is 3.79. The minimum absolute atomic E-state index is 0.00771. The summed E-state index contributed by atoms with van der Waals surface area (Å²) in [6.07, 6.45) is 0. The molecular weight excluding hydrogens is 226 g/mol. The van der Waals surface area contributed by atoms with E-state index in [9.17, 15) is 9.90 Å². The minimum Gasteiger partial charge on any atom is -0.481 e. The molecular formula is C10H15N3O4. The van der Waals surface area contributed by atoms with Gasteiger partial charge in [0.05, 0.1) is 20.3 Å². The van der Waals surface area contributed by atoms with Crippen molar-refractivity contribution in [2.45, 2.75) is 19.4 Å². The quantitative estimate of drug-likeness (QED) is 0.782. The average molecular weight is 241 g/mol. The predicted molar refractivity (Wildman–Crippen MR) is 60.1 cm³/mol. The molecule has 1 rings (SSSR count). The zero-order valence-corrected chi connectivity index (χ0v) is 10.1. The summed E-state index contributed by atoms with van der Waals surface area (Å²) in [4.78, 5) is 19.3. The van der Waals surface area contributed by atoms with Crippen LogP contribution >= 0.6 is 0 Å². The van der Waals surface area contributed by atoms with E-state index in [1.807, 2.05) is 0 Å². The van der Waals surface area contributed by atoms with Gasteiger partial charge in [0.25, 0.3) is 5.91 Å². The minimum atomic E-state index is -1.51. The molecule has 1 aromatic heterocycles. The van der Waals surface area contributed by atoms with Crippen LogP contribution in [0.5, 0.6) is 11.8 Å². The van der Waals surface area contributed by atoms with Crippen molar-refractivity contribution in [3.63, 3.8) is 0 Å². The number of carbonyl (C=O) groups excluding carboxylic acids is 1. The number of methoxy groups -OCH3 is 2. The van der Waals surface area contributed by atoms with Crippen molar-refractivity contribution in [2.75, 3.05) is 19.5 Å². The van der Waals surface area contributed by atoms with E-state index in [1.54, 1.807) is 0 Å². The number of ether oxygens (including phenoxy) is 2. The molecule has 0 aliphatic heterocycles. The lowest BCUT2D eigenvalue weighted by atomic mass is 10.1. The lowest BCUT2D eigenvalue weighted by Crippen LogP contribution is -2.37. The third-order valence-corrected chi connectivity index (χ3v) is 1.88.